The minimum absolute atomic E-state index is 0.0446. The van der Waals surface area contributed by atoms with Crippen LogP contribution in [0.15, 0.2) is 42.5 Å². The number of ether oxygens (including phenoxy) is 1. The van der Waals surface area contributed by atoms with Gasteiger partial charge in [0.25, 0.3) is 5.91 Å². The maximum absolute atomic E-state index is 13.5. The molecule has 2 aromatic rings. The number of nitrogens with one attached hydrogen (secondary N) is 1. The predicted molar refractivity (Wildman–Crippen MR) is 103 cm³/mol. The number of carbonyl (C=O) groups excluding carboxylic acids is 2. The van der Waals surface area contributed by atoms with Gasteiger partial charge in [0.1, 0.15) is 0 Å². The highest BCUT2D eigenvalue weighted by molar-refractivity contribution is 5.97. The zero-order valence-electron chi connectivity index (χ0n) is 15.3. The Bertz CT molecular complexity index is 838. The van der Waals surface area contributed by atoms with Crippen LogP contribution in [0.5, 0.6) is 5.75 Å². The number of aryl methyl sites for hydroxylation is 1. The molecule has 0 radical (unpaired) electrons. The Labute approximate surface area is 158 Å². The minimum Gasteiger partial charge on any atom is -0.481 e. The van der Waals surface area contributed by atoms with Crippen LogP contribution in [0.25, 0.3) is 0 Å². The molecule has 1 N–H and O–H groups in total. The van der Waals surface area contributed by atoms with Crippen LogP contribution in [0.3, 0.4) is 0 Å². The number of nitrogens with zero attached hydrogens (tertiary/aromatic N) is 1. The molecule has 1 heterocycles. The van der Waals surface area contributed by atoms with E-state index in [4.69, 9.17) is 4.74 Å². The Morgan fingerprint density at radius 2 is 2.04 bits per heavy atom. The van der Waals surface area contributed by atoms with Crippen molar-refractivity contribution in [3.8, 4) is 5.75 Å². The van der Waals surface area contributed by atoms with Crippen LogP contribution in [-0.4, -0.2) is 25.0 Å². The van der Waals surface area contributed by atoms with Crippen LogP contribution < -0.4 is 15.0 Å². The summed E-state index contributed by atoms with van der Waals surface area (Å²) in [5.74, 6) is -0.682. The molecule has 0 saturated heterocycles. The standard InChI is InChI=1S/C21H23FN2O3/c1-2-3-12-24-18-10-9-16(13-15(18)8-11-21(24)26)23-20(25)14-27-19-7-5-4-6-17(19)22/h4-7,9-10,13H,2-3,8,11-12,14H2,1H3,(H,23,25). The molecular formula is C21H23FN2O3. The lowest BCUT2D eigenvalue weighted by Gasteiger charge is -2.29. The first-order chi connectivity index (χ1) is 13.1. The number of carbonyl (C=O) groups is 2. The number of para-hydroxylation sites is 1. The van der Waals surface area contributed by atoms with E-state index in [-0.39, 0.29) is 24.2 Å². The number of rotatable bonds is 7. The van der Waals surface area contributed by atoms with Gasteiger partial charge in [-0.1, -0.05) is 25.5 Å². The van der Waals surface area contributed by atoms with Crippen LogP contribution >= 0.6 is 0 Å². The van der Waals surface area contributed by atoms with Crippen LogP contribution in [-0.2, 0) is 16.0 Å². The number of anilines is 2. The topological polar surface area (TPSA) is 58.6 Å². The van der Waals surface area contributed by atoms with E-state index >= 15 is 0 Å². The molecule has 2 amide bonds. The van der Waals surface area contributed by atoms with Crippen molar-refractivity contribution in [1.29, 1.82) is 0 Å². The van der Waals surface area contributed by atoms with E-state index in [0.29, 0.717) is 25.1 Å². The van der Waals surface area contributed by atoms with Gasteiger partial charge in [-0.25, -0.2) is 4.39 Å². The first-order valence-electron chi connectivity index (χ1n) is 9.19. The van der Waals surface area contributed by atoms with E-state index in [9.17, 15) is 14.0 Å². The minimum atomic E-state index is -0.504. The summed E-state index contributed by atoms with van der Waals surface area (Å²) in [5.41, 5.74) is 2.60. The van der Waals surface area contributed by atoms with Crippen molar-refractivity contribution in [3.63, 3.8) is 0 Å². The van der Waals surface area contributed by atoms with E-state index in [1.807, 2.05) is 17.0 Å². The Morgan fingerprint density at radius 1 is 1.22 bits per heavy atom. The fraction of sp³-hybridized carbons (Fsp3) is 0.333. The van der Waals surface area contributed by atoms with Crippen LogP contribution in [0, 0.1) is 5.82 Å². The molecule has 0 bridgehead atoms. The van der Waals surface area contributed by atoms with Gasteiger partial charge >= 0.3 is 0 Å². The van der Waals surface area contributed by atoms with Crippen molar-refractivity contribution in [2.75, 3.05) is 23.4 Å². The van der Waals surface area contributed by atoms with Crippen molar-refractivity contribution in [1.82, 2.24) is 0 Å². The maximum atomic E-state index is 13.5. The van der Waals surface area contributed by atoms with Crippen molar-refractivity contribution < 1.29 is 18.7 Å². The average molecular weight is 370 g/mol. The molecular weight excluding hydrogens is 347 g/mol. The number of amides is 2. The van der Waals surface area contributed by atoms with Crippen molar-refractivity contribution in [2.24, 2.45) is 0 Å². The molecule has 5 nitrogen and oxygen atoms in total. The normalized spacial score (nSPS) is 13.3. The Kier molecular flexibility index (Phi) is 6.06. The Morgan fingerprint density at radius 3 is 2.81 bits per heavy atom. The van der Waals surface area contributed by atoms with Crippen molar-refractivity contribution in [2.45, 2.75) is 32.6 Å². The molecule has 0 atom stereocenters. The zero-order valence-corrected chi connectivity index (χ0v) is 15.3. The highest BCUT2D eigenvalue weighted by Gasteiger charge is 2.23. The first-order valence-corrected chi connectivity index (χ1v) is 9.19. The highest BCUT2D eigenvalue weighted by atomic mass is 19.1. The van der Waals surface area contributed by atoms with Gasteiger partial charge < -0.3 is 15.0 Å². The van der Waals surface area contributed by atoms with Crippen LogP contribution in [0.2, 0.25) is 0 Å². The lowest BCUT2D eigenvalue weighted by Crippen LogP contribution is -2.35. The number of hydrogen-bond donors (Lipinski definition) is 1. The molecule has 1 aliphatic rings. The third-order valence-corrected chi connectivity index (χ3v) is 4.49. The summed E-state index contributed by atoms with van der Waals surface area (Å²) >= 11 is 0. The molecule has 0 aromatic heterocycles. The largest absolute Gasteiger partial charge is 0.481 e. The molecule has 0 spiro atoms. The van der Waals surface area contributed by atoms with Gasteiger partial charge in [0.2, 0.25) is 5.91 Å². The van der Waals surface area contributed by atoms with Gasteiger partial charge in [-0.15, -0.1) is 0 Å². The predicted octanol–water partition coefficient (Wildman–Crippen LogP) is 3.92. The molecule has 2 aromatic carbocycles. The fourth-order valence-corrected chi connectivity index (χ4v) is 3.10. The van der Waals surface area contributed by atoms with Gasteiger partial charge in [0, 0.05) is 24.3 Å². The van der Waals surface area contributed by atoms with Crippen LogP contribution in [0.1, 0.15) is 31.7 Å². The average Bonchev–Trinajstić information content (AvgIpc) is 2.67. The number of benzene rings is 2. The van der Waals surface area contributed by atoms with Gasteiger partial charge in [-0.05, 0) is 48.7 Å². The summed E-state index contributed by atoms with van der Waals surface area (Å²) in [5, 5.41) is 2.76. The molecule has 3 rings (SSSR count). The summed E-state index contributed by atoms with van der Waals surface area (Å²) in [4.78, 5) is 26.1. The first kappa shape index (κ1) is 18.9. The third kappa shape index (κ3) is 4.64. The zero-order chi connectivity index (χ0) is 19.2. The van der Waals surface area contributed by atoms with E-state index in [1.165, 1.54) is 12.1 Å². The van der Waals surface area contributed by atoms with Gasteiger partial charge in [-0.3, -0.25) is 9.59 Å². The van der Waals surface area contributed by atoms with Gasteiger partial charge in [0.15, 0.2) is 18.2 Å². The number of fused-ring (bicyclic) bond motifs is 1. The van der Waals surface area contributed by atoms with E-state index in [1.54, 1.807) is 18.2 Å². The quantitative estimate of drug-likeness (QED) is 0.804. The number of hydrogen-bond acceptors (Lipinski definition) is 3. The molecule has 0 unspecified atom stereocenters. The monoisotopic (exact) mass is 370 g/mol. The molecule has 0 aliphatic carbocycles. The van der Waals surface area contributed by atoms with Crippen molar-refractivity contribution >= 4 is 23.2 Å². The second kappa shape index (κ2) is 8.66. The Balaban J connectivity index is 1.64. The smallest absolute Gasteiger partial charge is 0.262 e. The summed E-state index contributed by atoms with van der Waals surface area (Å²) in [6.45, 7) is 2.53. The summed E-state index contributed by atoms with van der Waals surface area (Å²) in [7, 11) is 0. The molecule has 1 aliphatic heterocycles. The highest BCUT2D eigenvalue weighted by Crippen LogP contribution is 2.30. The molecule has 0 fully saturated rings. The molecule has 6 heteroatoms. The maximum Gasteiger partial charge on any atom is 0.262 e. The molecule has 142 valence electrons. The summed E-state index contributed by atoms with van der Waals surface area (Å²) < 4.78 is 18.7. The lowest BCUT2D eigenvalue weighted by molar-refractivity contribution is -0.119. The molecule has 0 saturated carbocycles. The Hall–Kier alpha value is -2.89. The lowest BCUT2D eigenvalue weighted by atomic mass is 10.00. The van der Waals surface area contributed by atoms with Gasteiger partial charge in [0.05, 0.1) is 0 Å². The van der Waals surface area contributed by atoms with Crippen LogP contribution in [0.4, 0.5) is 15.8 Å². The van der Waals surface area contributed by atoms with E-state index in [0.717, 1.165) is 24.1 Å². The number of halogens is 1. The SMILES string of the molecule is CCCCN1C(=O)CCc2cc(NC(=O)COc3ccccc3F)ccc21. The third-order valence-electron chi connectivity index (χ3n) is 4.49. The fourth-order valence-electron chi connectivity index (χ4n) is 3.10. The molecule has 27 heavy (non-hydrogen) atoms. The second-order valence-corrected chi connectivity index (χ2v) is 6.51. The van der Waals surface area contributed by atoms with Gasteiger partial charge in [-0.2, -0.15) is 0 Å². The van der Waals surface area contributed by atoms with E-state index in [2.05, 4.69) is 12.2 Å². The van der Waals surface area contributed by atoms with Crippen molar-refractivity contribution in [3.05, 3.63) is 53.8 Å². The second-order valence-electron chi connectivity index (χ2n) is 6.51. The summed E-state index contributed by atoms with van der Waals surface area (Å²) in [6, 6.07) is 11.5. The summed E-state index contributed by atoms with van der Waals surface area (Å²) in [6.07, 6.45) is 3.11. The number of unbranched alkanes of at least 4 members (excludes halogenated alkanes) is 1. The van der Waals surface area contributed by atoms with E-state index < -0.39 is 5.82 Å².